The molecule has 2 aliphatic rings. The number of rotatable bonds is 3. The van der Waals surface area contributed by atoms with Gasteiger partial charge in [0.15, 0.2) is 0 Å². The molecule has 0 aliphatic carbocycles. The second-order valence-electron chi connectivity index (χ2n) is 6.02. The molecular weight excluding hydrogens is 254 g/mol. The molecule has 0 saturated carbocycles. The van der Waals surface area contributed by atoms with Gasteiger partial charge in [-0.2, -0.15) is 0 Å². The number of hydrogen-bond donors (Lipinski definition) is 1. The Bertz CT molecular complexity index is 478. The SMILES string of the molecule is Cc1noc(C)c1CCC(=O)N1CCC[C@H]2CNC[C@H]21. The van der Waals surface area contributed by atoms with Crippen molar-refractivity contribution < 1.29 is 9.32 Å². The first-order valence-electron chi connectivity index (χ1n) is 7.58. The first-order valence-corrected chi connectivity index (χ1v) is 7.58. The van der Waals surface area contributed by atoms with E-state index in [1.165, 1.54) is 6.42 Å². The molecule has 2 atom stereocenters. The van der Waals surface area contributed by atoms with Crippen LogP contribution in [0.4, 0.5) is 0 Å². The highest BCUT2D eigenvalue weighted by atomic mass is 16.5. The first-order chi connectivity index (χ1) is 9.66. The molecule has 5 nitrogen and oxygen atoms in total. The number of aryl methyl sites for hydroxylation is 2. The Balaban J connectivity index is 1.61. The van der Waals surface area contributed by atoms with Gasteiger partial charge in [0.25, 0.3) is 0 Å². The molecule has 5 heteroatoms. The van der Waals surface area contributed by atoms with Crippen LogP contribution in [0, 0.1) is 19.8 Å². The second-order valence-corrected chi connectivity index (χ2v) is 6.02. The molecular formula is C15H23N3O2. The third-order valence-electron chi connectivity index (χ3n) is 4.77. The normalized spacial score (nSPS) is 25.8. The zero-order valence-corrected chi connectivity index (χ0v) is 12.3. The lowest BCUT2D eigenvalue weighted by atomic mass is 9.91. The van der Waals surface area contributed by atoms with E-state index in [0.29, 0.717) is 18.4 Å². The topological polar surface area (TPSA) is 58.4 Å². The number of aromatic nitrogens is 1. The van der Waals surface area contributed by atoms with Gasteiger partial charge < -0.3 is 14.7 Å². The molecule has 0 unspecified atom stereocenters. The van der Waals surface area contributed by atoms with Crippen LogP contribution in [-0.4, -0.2) is 41.6 Å². The van der Waals surface area contributed by atoms with Gasteiger partial charge in [0.1, 0.15) is 5.76 Å². The average molecular weight is 277 g/mol. The summed E-state index contributed by atoms with van der Waals surface area (Å²) in [5.41, 5.74) is 2.01. The number of amides is 1. The Kier molecular flexibility index (Phi) is 3.78. The molecule has 2 saturated heterocycles. The summed E-state index contributed by atoms with van der Waals surface area (Å²) < 4.78 is 5.16. The van der Waals surface area contributed by atoms with Gasteiger partial charge >= 0.3 is 0 Å². The summed E-state index contributed by atoms with van der Waals surface area (Å²) >= 11 is 0. The second kappa shape index (κ2) is 5.56. The van der Waals surface area contributed by atoms with Crippen molar-refractivity contribution in [2.75, 3.05) is 19.6 Å². The largest absolute Gasteiger partial charge is 0.361 e. The quantitative estimate of drug-likeness (QED) is 0.908. The molecule has 0 bridgehead atoms. The van der Waals surface area contributed by atoms with E-state index in [0.717, 1.165) is 49.5 Å². The van der Waals surface area contributed by atoms with Crippen molar-refractivity contribution in [2.24, 2.45) is 5.92 Å². The Morgan fingerprint density at radius 3 is 3.05 bits per heavy atom. The number of hydrogen-bond acceptors (Lipinski definition) is 4. The molecule has 1 aromatic heterocycles. The molecule has 20 heavy (non-hydrogen) atoms. The van der Waals surface area contributed by atoms with Crippen LogP contribution < -0.4 is 5.32 Å². The molecule has 0 spiro atoms. The van der Waals surface area contributed by atoms with E-state index in [1.807, 2.05) is 13.8 Å². The van der Waals surface area contributed by atoms with Crippen molar-refractivity contribution in [1.29, 1.82) is 0 Å². The number of carbonyl (C=O) groups excluding carboxylic acids is 1. The fraction of sp³-hybridized carbons (Fsp3) is 0.733. The fourth-order valence-electron chi connectivity index (χ4n) is 3.61. The lowest BCUT2D eigenvalue weighted by Gasteiger charge is -2.37. The van der Waals surface area contributed by atoms with Crippen molar-refractivity contribution in [3.05, 3.63) is 17.0 Å². The molecule has 1 aromatic rings. The number of carbonyl (C=O) groups is 1. The van der Waals surface area contributed by atoms with Gasteiger partial charge in [0.05, 0.1) is 5.69 Å². The van der Waals surface area contributed by atoms with Gasteiger partial charge in [0, 0.05) is 37.7 Å². The van der Waals surface area contributed by atoms with Crippen LogP contribution in [0.5, 0.6) is 0 Å². The van der Waals surface area contributed by atoms with Crippen molar-refractivity contribution in [3.63, 3.8) is 0 Å². The van der Waals surface area contributed by atoms with Gasteiger partial charge in [-0.15, -0.1) is 0 Å². The van der Waals surface area contributed by atoms with Crippen LogP contribution in [0.25, 0.3) is 0 Å². The van der Waals surface area contributed by atoms with Crippen LogP contribution in [-0.2, 0) is 11.2 Å². The highest BCUT2D eigenvalue weighted by molar-refractivity contribution is 5.77. The number of likely N-dealkylation sites (tertiary alicyclic amines) is 1. The summed E-state index contributed by atoms with van der Waals surface area (Å²) in [6, 6.07) is 0.418. The predicted octanol–water partition coefficient (Wildman–Crippen LogP) is 1.43. The van der Waals surface area contributed by atoms with Gasteiger partial charge in [-0.1, -0.05) is 5.16 Å². The van der Waals surface area contributed by atoms with E-state index in [4.69, 9.17) is 4.52 Å². The third kappa shape index (κ3) is 2.46. The summed E-state index contributed by atoms with van der Waals surface area (Å²) in [7, 11) is 0. The minimum Gasteiger partial charge on any atom is -0.361 e. The molecule has 0 aromatic carbocycles. The van der Waals surface area contributed by atoms with Gasteiger partial charge in [-0.25, -0.2) is 0 Å². The molecule has 3 heterocycles. The lowest BCUT2D eigenvalue weighted by Crippen LogP contribution is -2.48. The minimum absolute atomic E-state index is 0.281. The van der Waals surface area contributed by atoms with E-state index in [2.05, 4.69) is 15.4 Å². The molecule has 1 N–H and O–H groups in total. The standard InChI is InChI=1S/C15H23N3O2/c1-10-13(11(2)20-17-10)5-6-15(19)18-7-3-4-12-8-16-9-14(12)18/h12,14,16H,3-9H2,1-2H3/t12-,14+/m0/s1. The van der Waals surface area contributed by atoms with Gasteiger partial charge in [-0.05, 0) is 39.0 Å². The molecule has 2 aliphatic heterocycles. The highest BCUT2D eigenvalue weighted by Gasteiger charge is 2.36. The van der Waals surface area contributed by atoms with Crippen molar-refractivity contribution in [1.82, 2.24) is 15.4 Å². The summed E-state index contributed by atoms with van der Waals surface area (Å²) in [4.78, 5) is 14.6. The van der Waals surface area contributed by atoms with Crippen LogP contribution in [0.3, 0.4) is 0 Å². The molecule has 1 amide bonds. The van der Waals surface area contributed by atoms with E-state index in [1.54, 1.807) is 0 Å². The average Bonchev–Trinajstić information content (AvgIpc) is 3.03. The number of nitrogens with zero attached hydrogens (tertiary/aromatic N) is 2. The first kappa shape index (κ1) is 13.6. The Morgan fingerprint density at radius 1 is 1.45 bits per heavy atom. The Hall–Kier alpha value is -1.36. The Morgan fingerprint density at radius 2 is 2.30 bits per heavy atom. The monoisotopic (exact) mass is 277 g/mol. The zero-order chi connectivity index (χ0) is 14.1. The maximum Gasteiger partial charge on any atom is 0.223 e. The van der Waals surface area contributed by atoms with Crippen molar-refractivity contribution in [3.8, 4) is 0 Å². The minimum atomic E-state index is 0.281. The molecule has 0 radical (unpaired) electrons. The molecule has 110 valence electrons. The third-order valence-corrected chi connectivity index (χ3v) is 4.77. The number of nitrogens with one attached hydrogen (secondary N) is 1. The highest BCUT2D eigenvalue weighted by Crippen LogP contribution is 2.27. The van der Waals surface area contributed by atoms with E-state index in [-0.39, 0.29) is 5.91 Å². The lowest BCUT2D eigenvalue weighted by molar-refractivity contribution is -0.135. The maximum absolute atomic E-state index is 12.5. The fourth-order valence-corrected chi connectivity index (χ4v) is 3.61. The summed E-state index contributed by atoms with van der Waals surface area (Å²) in [6.07, 6.45) is 3.69. The summed E-state index contributed by atoms with van der Waals surface area (Å²) in [6.45, 7) is 6.80. The van der Waals surface area contributed by atoms with Crippen LogP contribution in [0.2, 0.25) is 0 Å². The van der Waals surface area contributed by atoms with Crippen LogP contribution >= 0.6 is 0 Å². The van der Waals surface area contributed by atoms with Crippen LogP contribution in [0.15, 0.2) is 4.52 Å². The number of fused-ring (bicyclic) bond motifs is 1. The van der Waals surface area contributed by atoms with Gasteiger partial charge in [0.2, 0.25) is 5.91 Å². The summed E-state index contributed by atoms with van der Waals surface area (Å²) in [5.74, 6) is 1.78. The summed E-state index contributed by atoms with van der Waals surface area (Å²) in [5, 5.41) is 7.37. The van der Waals surface area contributed by atoms with E-state index >= 15 is 0 Å². The van der Waals surface area contributed by atoms with Crippen molar-refractivity contribution in [2.45, 2.75) is 45.6 Å². The zero-order valence-electron chi connectivity index (χ0n) is 12.3. The maximum atomic E-state index is 12.5. The smallest absolute Gasteiger partial charge is 0.223 e. The molecule has 3 rings (SSSR count). The predicted molar refractivity (Wildman–Crippen MR) is 75.4 cm³/mol. The van der Waals surface area contributed by atoms with Gasteiger partial charge in [-0.3, -0.25) is 4.79 Å². The van der Waals surface area contributed by atoms with Crippen LogP contribution in [0.1, 0.15) is 36.3 Å². The Labute approximate surface area is 119 Å². The molecule has 2 fully saturated rings. The number of piperidine rings is 1. The van der Waals surface area contributed by atoms with Crippen molar-refractivity contribution >= 4 is 5.91 Å². The van der Waals surface area contributed by atoms with E-state index in [9.17, 15) is 4.79 Å². The van der Waals surface area contributed by atoms with E-state index < -0.39 is 0 Å².